The first-order valence-corrected chi connectivity index (χ1v) is 11.9. The summed E-state index contributed by atoms with van der Waals surface area (Å²) in [7, 11) is 0. The standard InChI is InChI=1S/C22H33N7S.HI/c1-4-25-22(26-13-5-6-15-30-3)27-14-7-8-20-19(16-23)21(24)29(28-20)18-11-9-17(2)10-12-18;/h9-12H,4-8,13-15,24H2,1-3H3,(H2,25,26,27);1H. The molecule has 2 aromatic rings. The Morgan fingerprint density at radius 1 is 1.23 bits per heavy atom. The summed E-state index contributed by atoms with van der Waals surface area (Å²) in [5, 5.41) is 20.8. The second kappa shape index (κ2) is 15.0. The number of aryl methyl sites for hydroxylation is 2. The van der Waals surface area contributed by atoms with Crippen LogP contribution in [-0.4, -0.2) is 47.4 Å². The largest absolute Gasteiger partial charge is 0.382 e. The first kappa shape index (κ1) is 27.1. The molecule has 0 saturated carbocycles. The molecule has 0 aliphatic heterocycles. The van der Waals surface area contributed by atoms with Crippen molar-refractivity contribution in [1.29, 1.82) is 5.26 Å². The lowest BCUT2D eigenvalue weighted by atomic mass is 10.1. The van der Waals surface area contributed by atoms with E-state index in [0.29, 0.717) is 24.3 Å². The number of nitrogens with zero attached hydrogens (tertiary/aromatic N) is 4. The molecule has 0 radical (unpaired) electrons. The summed E-state index contributed by atoms with van der Waals surface area (Å²) in [5.74, 6) is 2.42. The van der Waals surface area contributed by atoms with E-state index in [1.165, 1.54) is 12.2 Å². The van der Waals surface area contributed by atoms with Gasteiger partial charge >= 0.3 is 0 Å². The lowest BCUT2D eigenvalue weighted by Crippen LogP contribution is -2.37. The number of hydrogen-bond acceptors (Lipinski definition) is 5. The van der Waals surface area contributed by atoms with Crippen LogP contribution in [0.15, 0.2) is 29.3 Å². The van der Waals surface area contributed by atoms with Crippen molar-refractivity contribution >= 4 is 47.5 Å². The molecule has 1 aromatic carbocycles. The van der Waals surface area contributed by atoms with E-state index in [1.807, 2.05) is 43.0 Å². The van der Waals surface area contributed by atoms with Crippen LogP contribution in [0.2, 0.25) is 0 Å². The van der Waals surface area contributed by atoms with E-state index in [9.17, 15) is 5.26 Å². The zero-order chi connectivity index (χ0) is 21.8. The Hall–Kier alpha value is -1.93. The normalized spacial score (nSPS) is 11.0. The van der Waals surface area contributed by atoms with Crippen LogP contribution in [0.25, 0.3) is 5.69 Å². The van der Waals surface area contributed by atoms with Crippen molar-refractivity contribution in [1.82, 2.24) is 20.4 Å². The fraction of sp³-hybridized carbons (Fsp3) is 0.500. The smallest absolute Gasteiger partial charge is 0.191 e. The third-order valence-corrected chi connectivity index (χ3v) is 5.33. The Kier molecular flexibility index (Phi) is 13.1. The van der Waals surface area contributed by atoms with Crippen LogP contribution >= 0.6 is 35.7 Å². The van der Waals surface area contributed by atoms with E-state index < -0.39 is 0 Å². The SMILES string of the molecule is CCNC(=NCCCc1nn(-c2ccc(C)cc2)c(N)c1C#N)NCCCCSC.I. The number of thioether (sulfide) groups is 1. The van der Waals surface area contributed by atoms with Crippen LogP contribution in [0.5, 0.6) is 0 Å². The third-order valence-electron chi connectivity index (χ3n) is 4.64. The molecule has 2 rings (SSSR count). The maximum Gasteiger partial charge on any atom is 0.191 e. The number of nitriles is 1. The van der Waals surface area contributed by atoms with Gasteiger partial charge in [0.05, 0.1) is 11.4 Å². The third kappa shape index (κ3) is 8.61. The molecule has 0 unspecified atom stereocenters. The van der Waals surface area contributed by atoms with Crippen LogP contribution in [0.4, 0.5) is 5.82 Å². The fourth-order valence-electron chi connectivity index (χ4n) is 3.02. The van der Waals surface area contributed by atoms with Crippen molar-refractivity contribution in [3.8, 4) is 11.8 Å². The molecule has 1 aromatic heterocycles. The van der Waals surface area contributed by atoms with Gasteiger partial charge in [-0.3, -0.25) is 4.99 Å². The maximum atomic E-state index is 9.54. The van der Waals surface area contributed by atoms with Crippen molar-refractivity contribution in [3.05, 3.63) is 41.1 Å². The minimum absolute atomic E-state index is 0. The van der Waals surface area contributed by atoms with Gasteiger partial charge in [0.15, 0.2) is 5.96 Å². The van der Waals surface area contributed by atoms with Gasteiger partial charge in [0.25, 0.3) is 0 Å². The maximum absolute atomic E-state index is 9.54. The molecule has 0 bridgehead atoms. The lowest BCUT2D eigenvalue weighted by molar-refractivity contribution is 0.725. The van der Waals surface area contributed by atoms with E-state index in [4.69, 9.17) is 5.73 Å². The van der Waals surface area contributed by atoms with E-state index in [0.717, 1.165) is 48.8 Å². The highest BCUT2D eigenvalue weighted by Gasteiger charge is 2.16. The number of halogens is 1. The van der Waals surface area contributed by atoms with E-state index in [-0.39, 0.29) is 24.0 Å². The molecule has 1 heterocycles. The zero-order valence-electron chi connectivity index (χ0n) is 18.6. The molecule has 7 nitrogen and oxygen atoms in total. The summed E-state index contributed by atoms with van der Waals surface area (Å²) in [5.41, 5.74) is 9.40. The molecule has 0 amide bonds. The van der Waals surface area contributed by atoms with E-state index in [2.05, 4.69) is 40.0 Å². The van der Waals surface area contributed by atoms with Gasteiger partial charge in [-0.1, -0.05) is 17.7 Å². The number of nitrogens with two attached hydrogens (primary N) is 1. The van der Waals surface area contributed by atoms with Crippen LogP contribution < -0.4 is 16.4 Å². The Balaban J connectivity index is 0.00000480. The van der Waals surface area contributed by atoms with Gasteiger partial charge in [-0.2, -0.15) is 22.1 Å². The van der Waals surface area contributed by atoms with Crippen LogP contribution in [0.1, 0.15) is 43.0 Å². The molecule has 0 atom stereocenters. The average Bonchev–Trinajstić information content (AvgIpc) is 3.06. The molecule has 4 N–H and O–H groups in total. The fourth-order valence-corrected chi connectivity index (χ4v) is 3.51. The molecule has 0 fully saturated rings. The predicted octanol–water partition coefficient (Wildman–Crippen LogP) is 3.88. The van der Waals surface area contributed by atoms with Crippen molar-refractivity contribution in [2.75, 3.05) is 37.4 Å². The van der Waals surface area contributed by atoms with Gasteiger partial charge in [0.1, 0.15) is 17.5 Å². The molecule has 31 heavy (non-hydrogen) atoms. The average molecular weight is 556 g/mol. The number of unbranched alkanes of at least 4 members (excludes halogenated alkanes) is 1. The van der Waals surface area contributed by atoms with Gasteiger partial charge < -0.3 is 16.4 Å². The second-order valence-corrected chi connectivity index (χ2v) is 8.04. The quantitative estimate of drug-likeness (QED) is 0.168. The molecule has 0 saturated heterocycles. The number of benzene rings is 1. The Morgan fingerprint density at radius 2 is 1.97 bits per heavy atom. The molecule has 9 heteroatoms. The summed E-state index contributed by atoms with van der Waals surface area (Å²) in [4.78, 5) is 4.64. The van der Waals surface area contributed by atoms with Crippen molar-refractivity contribution in [2.45, 2.75) is 39.5 Å². The number of aliphatic imine (C=N–C) groups is 1. The Bertz CT molecular complexity index is 856. The topological polar surface area (TPSA) is 104 Å². The minimum Gasteiger partial charge on any atom is -0.382 e. The highest BCUT2D eigenvalue weighted by atomic mass is 127. The first-order valence-electron chi connectivity index (χ1n) is 10.5. The molecule has 0 spiro atoms. The molecule has 170 valence electrons. The summed E-state index contributed by atoms with van der Waals surface area (Å²) < 4.78 is 1.65. The molecular formula is C22H34IN7S. The lowest BCUT2D eigenvalue weighted by Gasteiger charge is -2.11. The van der Waals surface area contributed by atoms with Crippen LogP contribution in [-0.2, 0) is 6.42 Å². The van der Waals surface area contributed by atoms with Gasteiger partial charge in [-0.05, 0) is 63.7 Å². The summed E-state index contributed by atoms with van der Waals surface area (Å²) in [6.45, 7) is 6.49. The second-order valence-electron chi connectivity index (χ2n) is 7.06. The summed E-state index contributed by atoms with van der Waals surface area (Å²) >= 11 is 1.88. The Morgan fingerprint density at radius 3 is 2.61 bits per heavy atom. The minimum atomic E-state index is 0. The van der Waals surface area contributed by atoms with Crippen molar-refractivity contribution in [2.24, 2.45) is 4.99 Å². The number of hydrogen-bond donors (Lipinski definition) is 3. The number of aromatic nitrogens is 2. The van der Waals surface area contributed by atoms with E-state index in [1.54, 1.807) is 4.68 Å². The van der Waals surface area contributed by atoms with Gasteiger partial charge in [-0.15, -0.1) is 24.0 Å². The number of nitrogens with one attached hydrogen (secondary N) is 2. The number of rotatable bonds is 11. The first-order chi connectivity index (χ1) is 14.6. The van der Waals surface area contributed by atoms with Gasteiger partial charge in [0, 0.05) is 19.6 Å². The zero-order valence-corrected chi connectivity index (χ0v) is 21.8. The highest BCUT2D eigenvalue weighted by molar-refractivity contribution is 14.0. The summed E-state index contributed by atoms with van der Waals surface area (Å²) in [6, 6.07) is 10.1. The summed E-state index contributed by atoms with van der Waals surface area (Å²) in [6.07, 6.45) is 5.92. The van der Waals surface area contributed by atoms with Gasteiger partial charge in [-0.25, -0.2) is 4.68 Å². The molecular weight excluding hydrogens is 521 g/mol. The van der Waals surface area contributed by atoms with Crippen molar-refractivity contribution < 1.29 is 0 Å². The number of anilines is 1. The van der Waals surface area contributed by atoms with Crippen LogP contribution in [0.3, 0.4) is 0 Å². The van der Waals surface area contributed by atoms with Gasteiger partial charge in [0.2, 0.25) is 0 Å². The number of guanidine groups is 1. The van der Waals surface area contributed by atoms with Crippen LogP contribution in [0, 0.1) is 18.3 Å². The van der Waals surface area contributed by atoms with Crippen molar-refractivity contribution in [3.63, 3.8) is 0 Å². The molecule has 0 aliphatic rings. The monoisotopic (exact) mass is 555 g/mol. The van der Waals surface area contributed by atoms with E-state index >= 15 is 0 Å². The highest BCUT2D eigenvalue weighted by Crippen LogP contribution is 2.21. The predicted molar refractivity (Wildman–Crippen MR) is 143 cm³/mol. The Labute approximate surface area is 207 Å². The number of nitrogen functional groups attached to an aromatic ring is 1. The molecule has 0 aliphatic carbocycles.